The molecule has 0 unspecified atom stereocenters. The minimum absolute atomic E-state index is 0.253. The van der Waals surface area contributed by atoms with Crippen LogP contribution in [-0.2, 0) is 4.79 Å². The van der Waals surface area contributed by atoms with Gasteiger partial charge in [0, 0.05) is 17.2 Å². The zero-order valence-corrected chi connectivity index (χ0v) is 20.2. The summed E-state index contributed by atoms with van der Waals surface area (Å²) in [5.41, 5.74) is 7.60. The van der Waals surface area contributed by atoms with Gasteiger partial charge in [0.1, 0.15) is 11.5 Å². The summed E-state index contributed by atoms with van der Waals surface area (Å²) in [6.45, 7) is 6.08. The van der Waals surface area contributed by atoms with Crippen molar-refractivity contribution in [2.75, 3.05) is 26.1 Å². The third kappa shape index (κ3) is 4.31. The van der Waals surface area contributed by atoms with Gasteiger partial charge in [-0.2, -0.15) is 0 Å². The van der Waals surface area contributed by atoms with Gasteiger partial charge in [-0.3, -0.25) is 9.79 Å². The van der Waals surface area contributed by atoms with Crippen molar-refractivity contribution in [3.63, 3.8) is 0 Å². The highest BCUT2D eigenvalue weighted by Gasteiger charge is 2.28. The van der Waals surface area contributed by atoms with Crippen LogP contribution in [0.2, 0.25) is 10.0 Å². The number of halogens is 2. The molecule has 0 saturated carbocycles. The zero-order valence-electron chi connectivity index (χ0n) is 18.7. The van der Waals surface area contributed by atoms with E-state index in [-0.39, 0.29) is 5.91 Å². The number of hydrogen-bond donors (Lipinski definition) is 1. The van der Waals surface area contributed by atoms with Gasteiger partial charge in [-0.1, -0.05) is 48.0 Å². The third-order valence-corrected chi connectivity index (χ3v) is 6.59. The lowest BCUT2D eigenvalue weighted by Gasteiger charge is -2.21. The maximum atomic E-state index is 12.0. The smallest absolute Gasteiger partial charge is 0.247 e. The number of anilines is 1. The molecule has 2 aromatic rings. The molecule has 1 aliphatic heterocycles. The second-order valence-electron chi connectivity index (χ2n) is 7.86. The summed E-state index contributed by atoms with van der Waals surface area (Å²) in [5.74, 6) is 0.773. The van der Waals surface area contributed by atoms with Crippen LogP contribution in [0.15, 0.2) is 59.1 Å². The molecule has 33 heavy (non-hydrogen) atoms. The average Bonchev–Trinajstić information content (AvgIpc) is 3.22. The van der Waals surface area contributed by atoms with Crippen LogP contribution in [0.5, 0.6) is 11.5 Å². The van der Waals surface area contributed by atoms with Gasteiger partial charge in [-0.05, 0) is 54.2 Å². The topological polar surface area (TPSA) is 59.9 Å². The van der Waals surface area contributed by atoms with E-state index in [0.717, 1.165) is 52.1 Å². The Bertz CT molecular complexity index is 1230. The first-order valence-electron chi connectivity index (χ1n) is 10.5. The lowest BCUT2D eigenvalue weighted by atomic mass is 9.86. The summed E-state index contributed by atoms with van der Waals surface area (Å²) in [5, 5.41) is 3.84. The van der Waals surface area contributed by atoms with Gasteiger partial charge in [0.15, 0.2) is 0 Å². The van der Waals surface area contributed by atoms with Crippen LogP contribution in [0.25, 0.3) is 5.57 Å². The van der Waals surface area contributed by atoms with E-state index in [1.54, 1.807) is 20.3 Å². The molecule has 4 rings (SSSR count). The molecule has 170 valence electrons. The van der Waals surface area contributed by atoms with Crippen molar-refractivity contribution in [2.24, 2.45) is 4.99 Å². The van der Waals surface area contributed by atoms with Crippen molar-refractivity contribution < 1.29 is 14.3 Å². The highest BCUT2D eigenvalue weighted by atomic mass is 35.5. The van der Waals surface area contributed by atoms with Crippen LogP contribution in [0.1, 0.15) is 29.5 Å². The van der Waals surface area contributed by atoms with Crippen molar-refractivity contribution in [2.45, 2.75) is 19.8 Å². The lowest BCUT2D eigenvalue weighted by Crippen LogP contribution is -2.14. The number of benzene rings is 2. The molecule has 0 radical (unpaired) electrons. The molecule has 2 aliphatic rings. The Morgan fingerprint density at radius 2 is 1.82 bits per heavy atom. The third-order valence-electron chi connectivity index (χ3n) is 5.84. The summed E-state index contributed by atoms with van der Waals surface area (Å²) in [7, 11) is 3.13. The van der Waals surface area contributed by atoms with Crippen molar-refractivity contribution in [3.05, 3.63) is 80.9 Å². The summed E-state index contributed by atoms with van der Waals surface area (Å²) >= 11 is 13.3. The second-order valence-corrected chi connectivity index (χ2v) is 8.62. The number of methoxy groups -OCH3 is 2. The van der Waals surface area contributed by atoms with E-state index in [1.165, 1.54) is 11.6 Å². The first-order chi connectivity index (χ1) is 15.9. The molecule has 0 atom stereocenters. The highest BCUT2D eigenvalue weighted by Crippen LogP contribution is 2.47. The summed E-state index contributed by atoms with van der Waals surface area (Å²) < 4.78 is 10.9. The molecule has 0 aromatic heterocycles. The predicted molar refractivity (Wildman–Crippen MR) is 135 cm³/mol. The minimum atomic E-state index is -0.253. The van der Waals surface area contributed by atoms with E-state index in [4.69, 9.17) is 37.7 Å². The van der Waals surface area contributed by atoms with Crippen LogP contribution < -0.4 is 14.8 Å². The van der Waals surface area contributed by atoms with E-state index in [2.05, 4.69) is 18.0 Å². The van der Waals surface area contributed by atoms with Gasteiger partial charge in [-0.25, -0.2) is 0 Å². The number of amides is 1. The van der Waals surface area contributed by atoms with E-state index in [1.807, 2.05) is 25.1 Å². The molecule has 0 saturated heterocycles. The van der Waals surface area contributed by atoms with Gasteiger partial charge in [0.25, 0.3) is 0 Å². The van der Waals surface area contributed by atoms with E-state index >= 15 is 0 Å². The molecule has 0 bridgehead atoms. The van der Waals surface area contributed by atoms with E-state index in [0.29, 0.717) is 28.1 Å². The highest BCUT2D eigenvalue weighted by molar-refractivity contribution is 6.39. The number of aryl methyl sites for hydroxylation is 1. The Balaban J connectivity index is 1.75. The second kappa shape index (κ2) is 9.46. The fourth-order valence-electron chi connectivity index (χ4n) is 4.23. The monoisotopic (exact) mass is 482 g/mol. The number of ether oxygens (including phenoxy) is 2. The van der Waals surface area contributed by atoms with Crippen molar-refractivity contribution in [3.8, 4) is 11.5 Å². The molecule has 1 amide bonds. The maximum absolute atomic E-state index is 12.0. The molecular formula is C26H24Cl2N2O3. The lowest BCUT2D eigenvalue weighted by molar-refractivity contribution is -0.111. The van der Waals surface area contributed by atoms with Crippen LogP contribution in [-0.4, -0.2) is 32.4 Å². The zero-order chi connectivity index (χ0) is 23.7. The predicted octanol–water partition coefficient (Wildman–Crippen LogP) is 6.42. The minimum Gasteiger partial charge on any atom is -0.495 e. The first kappa shape index (κ1) is 23.1. The Morgan fingerprint density at radius 1 is 1.12 bits per heavy atom. The summed E-state index contributed by atoms with van der Waals surface area (Å²) in [6.07, 6.45) is 4.87. The molecule has 7 heteroatoms. The number of carbonyl (C=O) groups excluding carboxylic acids is 1. The standard InChI is InChI=1S/C26H24Cl2N2O3/c1-5-22(31)30-19-10-14(2)6-8-18(19)26-17-9-7-15(11-16(17)13-29-26)23-24(27)20(32-3)12-21(33-4)25(23)28/h5-6,8,10-12H,1,7,9,13H2,2-4H3,(H,30,31). The molecule has 1 heterocycles. The van der Waals surface area contributed by atoms with Gasteiger partial charge in [0.05, 0.1) is 42.2 Å². The van der Waals surface area contributed by atoms with Crippen LogP contribution >= 0.6 is 23.2 Å². The number of allylic oxidation sites excluding steroid dienone is 2. The van der Waals surface area contributed by atoms with Crippen LogP contribution in [0.4, 0.5) is 5.69 Å². The quantitative estimate of drug-likeness (QED) is 0.483. The Hall–Kier alpha value is -3.02. The number of aliphatic imine (C=N–C) groups is 1. The number of nitrogens with one attached hydrogen (secondary N) is 1. The van der Waals surface area contributed by atoms with E-state index < -0.39 is 0 Å². The number of carbonyl (C=O) groups is 1. The van der Waals surface area contributed by atoms with Gasteiger partial charge in [0.2, 0.25) is 5.91 Å². The Kier molecular flexibility index (Phi) is 6.63. The Labute approximate surface area is 203 Å². The average molecular weight is 483 g/mol. The number of nitrogens with zero attached hydrogens (tertiary/aromatic N) is 1. The molecule has 0 fully saturated rings. The molecule has 1 aliphatic carbocycles. The number of hydrogen-bond acceptors (Lipinski definition) is 4. The molecule has 0 spiro atoms. The summed E-state index contributed by atoms with van der Waals surface area (Å²) in [4.78, 5) is 16.8. The maximum Gasteiger partial charge on any atom is 0.247 e. The first-order valence-corrected chi connectivity index (χ1v) is 11.3. The molecule has 5 nitrogen and oxygen atoms in total. The van der Waals surface area contributed by atoms with Crippen LogP contribution in [0, 0.1) is 6.92 Å². The number of rotatable bonds is 6. The Morgan fingerprint density at radius 3 is 2.45 bits per heavy atom. The molecular weight excluding hydrogens is 459 g/mol. The fourth-order valence-corrected chi connectivity index (χ4v) is 4.97. The van der Waals surface area contributed by atoms with Gasteiger partial charge >= 0.3 is 0 Å². The van der Waals surface area contributed by atoms with E-state index in [9.17, 15) is 4.79 Å². The SMILES string of the molecule is C=CC(=O)Nc1cc(C)ccc1C1=NCC2=C1CCC(c1c(Cl)c(OC)cc(OC)c1Cl)=C2. The van der Waals surface area contributed by atoms with Crippen molar-refractivity contribution in [1.29, 1.82) is 0 Å². The van der Waals surface area contributed by atoms with Crippen LogP contribution in [0.3, 0.4) is 0 Å². The van der Waals surface area contributed by atoms with Crippen molar-refractivity contribution >= 4 is 46.1 Å². The molecule has 1 N–H and O–H groups in total. The largest absolute Gasteiger partial charge is 0.495 e. The normalized spacial score (nSPS) is 14.9. The van der Waals surface area contributed by atoms with Gasteiger partial charge in [-0.15, -0.1) is 0 Å². The van der Waals surface area contributed by atoms with Crippen molar-refractivity contribution in [1.82, 2.24) is 0 Å². The fraction of sp³-hybridized carbons (Fsp3) is 0.231. The summed E-state index contributed by atoms with van der Waals surface area (Å²) in [6, 6.07) is 7.66. The van der Waals surface area contributed by atoms with Gasteiger partial charge < -0.3 is 14.8 Å². The molecule has 2 aromatic carbocycles.